The summed E-state index contributed by atoms with van der Waals surface area (Å²) >= 11 is 2.93. The quantitative estimate of drug-likeness (QED) is 0.540. The fraction of sp³-hybridized carbons (Fsp3) is 0.471. The van der Waals surface area contributed by atoms with E-state index in [4.69, 9.17) is 0 Å². The largest absolute Gasteiger partial charge is 0.296 e. The molecule has 7 nitrogen and oxygen atoms in total. The number of hydrogen-bond donors (Lipinski definition) is 1. The molecular weight excluding hydrogens is 404 g/mol. The van der Waals surface area contributed by atoms with Gasteiger partial charge >= 0.3 is 0 Å². The van der Waals surface area contributed by atoms with Crippen LogP contribution in [0.15, 0.2) is 28.6 Å². The van der Waals surface area contributed by atoms with E-state index in [2.05, 4.69) is 29.4 Å². The summed E-state index contributed by atoms with van der Waals surface area (Å²) in [6.07, 6.45) is 1.84. The normalized spacial score (nSPS) is 15.4. The van der Waals surface area contributed by atoms with Gasteiger partial charge in [0.05, 0.1) is 5.75 Å². The third kappa shape index (κ3) is 5.50. The fourth-order valence-electron chi connectivity index (χ4n) is 2.70. The average molecular weight is 427 g/mol. The Morgan fingerprint density at radius 3 is 2.52 bits per heavy atom. The van der Waals surface area contributed by atoms with Gasteiger partial charge in [0.2, 0.25) is 15.2 Å². The van der Waals surface area contributed by atoms with Crippen LogP contribution in [0.1, 0.15) is 42.6 Å². The van der Waals surface area contributed by atoms with Gasteiger partial charge in [-0.25, -0.2) is 12.7 Å². The first-order valence-corrected chi connectivity index (χ1v) is 12.0. The molecule has 27 heavy (non-hydrogen) atoms. The third-order valence-corrected chi connectivity index (χ3v) is 7.76. The smallest absolute Gasteiger partial charge is 0.257 e. The number of carbonyl (C=O) groups excluding carboxylic acids is 1. The topological polar surface area (TPSA) is 92.3 Å². The summed E-state index contributed by atoms with van der Waals surface area (Å²) in [5, 5.41) is 11.6. The summed E-state index contributed by atoms with van der Waals surface area (Å²) < 4.78 is 27.1. The van der Waals surface area contributed by atoms with E-state index in [0.717, 1.165) is 17.2 Å². The Balaban J connectivity index is 1.61. The molecule has 0 unspecified atom stereocenters. The summed E-state index contributed by atoms with van der Waals surface area (Å²) in [4.78, 5) is 12.3. The standard InChI is InChI=1S/C17H22N4O3S3/c1-12(2)25-17-20-19-16(26-17)18-15(22)14-7-5-13(6-8-14)11-27(23,24)21-9-3-4-10-21/h5-8,12H,3-4,9-11H2,1-2H3,(H,18,19,22). The van der Waals surface area contributed by atoms with E-state index >= 15 is 0 Å². The summed E-state index contributed by atoms with van der Waals surface area (Å²) in [7, 11) is -3.29. The number of nitrogens with one attached hydrogen (secondary N) is 1. The number of rotatable bonds is 7. The lowest BCUT2D eigenvalue weighted by molar-refractivity contribution is 0.102. The Kier molecular flexibility index (Phi) is 6.51. The highest BCUT2D eigenvalue weighted by molar-refractivity contribution is 8.01. The van der Waals surface area contributed by atoms with Crippen LogP contribution in [0.25, 0.3) is 0 Å². The molecule has 1 fully saturated rings. The number of benzene rings is 1. The van der Waals surface area contributed by atoms with E-state index in [-0.39, 0.29) is 11.7 Å². The first-order chi connectivity index (χ1) is 12.8. The molecule has 0 spiro atoms. The molecule has 1 aromatic heterocycles. The first kappa shape index (κ1) is 20.2. The van der Waals surface area contributed by atoms with Gasteiger partial charge in [-0.05, 0) is 30.5 Å². The van der Waals surface area contributed by atoms with Crippen LogP contribution >= 0.6 is 23.1 Å². The van der Waals surface area contributed by atoms with Gasteiger partial charge in [0.15, 0.2) is 4.34 Å². The van der Waals surface area contributed by atoms with E-state index in [0.29, 0.717) is 34.6 Å². The van der Waals surface area contributed by atoms with Crippen LogP contribution in [-0.4, -0.2) is 47.2 Å². The molecule has 1 aromatic carbocycles. The Hall–Kier alpha value is -1.49. The van der Waals surface area contributed by atoms with Crippen LogP contribution in [0, 0.1) is 0 Å². The Bertz CT molecular complexity index is 888. The minimum Gasteiger partial charge on any atom is -0.296 e. The van der Waals surface area contributed by atoms with Crippen LogP contribution < -0.4 is 5.32 Å². The zero-order valence-electron chi connectivity index (χ0n) is 15.2. The SMILES string of the molecule is CC(C)Sc1nnc(NC(=O)c2ccc(CS(=O)(=O)N3CCCC3)cc2)s1. The molecule has 0 saturated carbocycles. The van der Waals surface area contributed by atoms with Gasteiger partial charge < -0.3 is 0 Å². The third-order valence-electron chi connectivity index (χ3n) is 3.99. The molecule has 1 N–H and O–H groups in total. The molecule has 0 radical (unpaired) electrons. The predicted octanol–water partition coefficient (Wildman–Crippen LogP) is 3.22. The lowest BCUT2D eigenvalue weighted by atomic mass is 10.1. The summed E-state index contributed by atoms with van der Waals surface area (Å²) in [5.74, 6) is -0.331. The van der Waals surface area contributed by atoms with Crippen LogP contribution in [0.2, 0.25) is 0 Å². The predicted molar refractivity (Wildman–Crippen MR) is 109 cm³/mol. The maximum absolute atomic E-state index is 12.4. The van der Waals surface area contributed by atoms with E-state index in [9.17, 15) is 13.2 Å². The molecule has 1 aliphatic rings. The van der Waals surface area contributed by atoms with Crippen molar-refractivity contribution in [2.24, 2.45) is 0 Å². The molecule has 1 amide bonds. The maximum Gasteiger partial charge on any atom is 0.257 e. The van der Waals surface area contributed by atoms with Crippen molar-refractivity contribution in [3.63, 3.8) is 0 Å². The van der Waals surface area contributed by atoms with Crippen LogP contribution in [0.4, 0.5) is 5.13 Å². The molecule has 146 valence electrons. The highest BCUT2D eigenvalue weighted by Gasteiger charge is 2.25. The second-order valence-corrected chi connectivity index (χ2v) is 11.3. The second kappa shape index (κ2) is 8.68. The summed E-state index contributed by atoms with van der Waals surface area (Å²) in [5.41, 5.74) is 1.12. The zero-order chi connectivity index (χ0) is 19.4. The minimum atomic E-state index is -3.29. The van der Waals surface area contributed by atoms with Gasteiger partial charge in [-0.15, -0.1) is 10.2 Å². The molecule has 10 heteroatoms. The molecule has 1 saturated heterocycles. The van der Waals surface area contributed by atoms with Crippen molar-refractivity contribution in [1.82, 2.24) is 14.5 Å². The zero-order valence-corrected chi connectivity index (χ0v) is 17.7. The van der Waals surface area contributed by atoms with E-state index in [1.807, 2.05) is 0 Å². The van der Waals surface area contributed by atoms with Gasteiger partial charge in [-0.3, -0.25) is 10.1 Å². The number of nitrogens with zero attached hydrogens (tertiary/aromatic N) is 3. The van der Waals surface area contributed by atoms with Crippen molar-refractivity contribution >= 4 is 44.2 Å². The maximum atomic E-state index is 12.4. The molecule has 2 aromatic rings. The van der Waals surface area contributed by atoms with Gasteiger partial charge in [-0.1, -0.05) is 49.1 Å². The number of anilines is 1. The van der Waals surface area contributed by atoms with E-state index < -0.39 is 10.0 Å². The van der Waals surface area contributed by atoms with Crippen molar-refractivity contribution in [1.29, 1.82) is 0 Å². The molecule has 1 aliphatic heterocycles. The highest BCUT2D eigenvalue weighted by Crippen LogP contribution is 2.28. The first-order valence-electron chi connectivity index (χ1n) is 8.72. The average Bonchev–Trinajstić information content (AvgIpc) is 3.27. The molecule has 0 bridgehead atoms. The van der Waals surface area contributed by atoms with Crippen LogP contribution in [-0.2, 0) is 15.8 Å². The van der Waals surface area contributed by atoms with Crippen molar-refractivity contribution in [3.8, 4) is 0 Å². The van der Waals surface area contributed by atoms with Crippen LogP contribution in [0.3, 0.4) is 0 Å². The van der Waals surface area contributed by atoms with Crippen molar-refractivity contribution in [2.75, 3.05) is 18.4 Å². The van der Waals surface area contributed by atoms with Gasteiger partial charge in [-0.2, -0.15) is 0 Å². The lowest BCUT2D eigenvalue weighted by Crippen LogP contribution is -2.29. The molecule has 2 heterocycles. The minimum absolute atomic E-state index is 0.0406. The van der Waals surface area contributed by atoms with Crippen LogP contribution in [0.5, 0.6) is 0 Å². The Morgan fingerprint density at radius 1 is 1.22 bits per heavy atom. The number of aromatic nitrogens is 2. The fourth-order valence-corrected chi connectivity index (χ4v) is 6.28. The Morgan fingerprint density at radius 2 is 1.89 bits per heavy atom. The summed E-state index contributed by atoms with van der Waals surface area (Å²) in [6.45, 7) is 5.33. The number of sulfonamides is 1. The van der Waals surface area contributed by atoms with Gasteiger partial charge in [0.1, 0.15) is 0 Å². The van der Waals surface area contributed by atoms with E-state index in [1.165, 1.54) is 15.6 Å². The monoisotopic (exact) mass is 426 g/mol. The number of amides is 1. The molecule has 3 rings (SSSR count). The number of carbonyl (C=O) groups is 1. The summed E-state index contributed by atoms with van der Waals surface area (Å²) in [6, 6.07) is 6.63. The molecular formula is C17H22N4O3S3. The van der Waals surface area contributed by atoms with Crippen molar-refractivity contribution in [3.05, 3.63) is 35.4 Å². The van der Waals surface area contributed by atoms with Gasteiger partial charge in [0, 0.05) is 23.9 Å². The van der Waals surface area contributed by atoms with E-state index in [1.54, 1.807) is 36.0 Å². The lowest BCUT2D eigenvalue weighted by Gasteiger charge is -2.15. The van der Waals surface area contributed by atoms with Crippen molar-refractivity contribution < 1.29 is 13.2 Å². The van der Waals surface area contributed by atoms with Gasteiger partial charge in [0.25, 0.3) is 5.91 Å². The molecule has 0 aliphatic carbocycles. The van der Waals surface area contributed by atoms with Crippen molar-refractivity contribution in [2.45, 2.75) is 42.0 Å². The highest BCUT2D eigenvalue weighted by atomic mass is 32.2. The molecule has 0 atom stereocenters. The number of thioether (sulfide) groups is 1. The Labute approximate surface area is 167 Å². The second-order valence-electron chi connectivity index (χ2n) is 6.55. The number of hydrogen-bond acceptors (Lipinski definition) is 7.